The number of sulfonamides is 1. The van der Waals surface area contributed by atoms with Gasteiger partial charge in [0.25, 0.3) is 5.69 Å². The Kier molecular flexibility index (Phi) is 5.45. The second kappa shape index (κ2) is 6.56. The van der Waals surface area contributed by atoms with Crippen molar-refractivity contribution in [3.63, 3.8) is 0 Å². The van der Waals surface area contributed by atoms with Crippen LogP contribution in [0.4, 0.5) is 10.1 Å². The summed E-state index contributed by atoms with van der Waals surface area (Å²) >= 11 is 0. The van der Waals surface area contributed by atoms with Gasteiger partial charge in [0.05, 0.1) is 22.8 Å². The number of halogens is 1. The minimum absolute atomic E-state index is 0.0262. The van der Waals surface area contributed by atoms with Gasteiger partial charge in [0.2, 0.25) is 10.0 Å². The first kappa shape index (κ1) is 18.3. The van der Waals surface area contributed by atoms with E-state index in [-0.39, 0.29) is 17.7 Å². The molecule has 0 heterocycles. The van der Waals surface area contributed by atoms with Crippen molar-refractivity contribution in [2.75, 3.05) is 6.26 Å². The molecule has 9 heteroatoms. The summed E-state index contributed by atoms with van der Waals surface area (Å²) in [4.78, 5) is 10.2. The highest BCUT2D eigenvalue weighted by atomic mass is 32.2. The number of hydrogen-bond donors (Lipinski definition) is 1. The highest BCUT2D eigenvalue weighted by Gasteiger charge is 2.19. The molecule has 0 saturated carbocycles. The van der Waals surface area contributed by atoms with Crippen LogP contribution in [0.15, 0.2) is 12.1 Å². The van der Waals surface area contributed by atoms with Crippen LogP contribution >= 0.6 is 0 Å². The van der Waals surface area contributed by atoms with Gasteiger partial charge in [-0.3, -0.25) is 10.1 Å². The van der Waals surface area contributed by atoms with Gasteiger partial charge in [0.15, 0.2) is 0 Å². The molecule has 0 bridgehead atoms. The van der Waals surface area contributed by atoms with E-state index in [1.54, 1.807) is 0 Å². The zero-order valence-corrected chi connectivity index (χ0v) is 14.5. The van der Waals surface area contributed by atoms with E-state index in [1.165, 1.54) is 6.07 Å². The van der Waals surface area contributed by atoms with Gasteiger partial charge in [0, 0.05) is 12.1 Å². The van der Waals surface area contributed by atoms with Gasteiger partial charge in [-0.1, -0.05) is 25.6 Å². The van der Waals surface area contributed by atoms with E-state index in [0.29, 0.717) is 0 Å². The molecule has 0 amide bonds. The zero-order valence-electron chi connectivity index (χ0n) is 12.7. The van der Waals surface area contributed by atoms with E-state index in [0.717, 1.165) is 12.3 Å². The fraction of sp³-hybridized carbons (Fsp3) is 0.385. The normalized spacial score (nSPS) is 11.7. The van der Waals surface area contributed by atoms with Gasteiger partial charge in [-0.25, -0.2) is 17.5 Å². The average molecular weight is 344 g/mol. The molecule has 0 aliphatic carbocycles. The minimum Gasteiger partial charge on any atom is -0.258 e. The second-order valence-corrected chi connectivity index (χ2v) is 12.4. The summed E-state index contributed by atoms with van der Waals surface area (Å²) in [7, 11) is -5.26. The Balaban J connectivity index is 3.32. The van der Waals surface area contributed by atoms with Crippen molar-refractivity contribution in [2.24, 2.45) is 0 Å². The van der Waals surface area contributed by atoms with Gasteiger partial charge in [0.1, 0.15) is 13.9 Å². The number of nitrogens with one attached hydrogen (secondary N) is 1. The number of benzene rings is 1. The van der Waals surface area contributed by atoms with Crippen molar-refractivity contribution in [1.82, 2.24) is 4.72 Å². The molecule has 120 valence electrons. The highest BCUT2D eigenvalue weighted by Crippen LogP contribution is 2.23. The number of hydrogen-bond acceptors (Lipinski definition) is 4. The third-order valence-electron chi connectivity index (χ3n) is 2.46. The van der Waals surface area contributed by atoms with Crippen LogP contribution < -0.4 is 4.72 Å². The molecule has 1 aromatic rings. The third-order valence-corrected chi connectivity index (χ3v) is 4.01. The van der Waals surface area contributed by atoms with Crippen molar-refractivity contribution in [1.29, 1.82) is 0 Å². The van der Waals surface area contributed by atoms with Crippen LogP contribution in [-0.2, 0) is 16.6 Å². The Morgan fingerprint density at radius 1 is 1.36 bits per heavy atom. The summed E-state index contributed by atoms with van der Waals surface area (Å²) < 4.78 is 38.3. The first-order valence-electron chi connectivity index (χ1n) is 6.34. The molecule has 0 fully saturated rings. The lowest BCUT2D eigenvalue weighted by Gasteiger charge is -2.07. The molecule has 0 radical (unpaired) electrons. The molecule has 0 atom stereocenters. The Labute approximate surface area is 129 Å². The molecule has 6 nitrogen and oxygen atoms in total. The number of nitrogens with zero attached hydrogens (tertiary/aromatic N) is 1. The van der Waals surface area contributed by atoms with E-state index in [1.807, 2.05) is 19.6 Å². The van der Waals surface area contributed by atoms with Gasteiger partial charge < -0.3 is 0 Å². The minimum atomic E-state index is -3.52. The van der Waals surface area contributed by atoms with Crippen LogP contribution in [0.25, 0.3) is 0 Å². The second-order valence-electron chi connectivity index (χ2n) is 5.81. The molecule has 0 saturated heterocycles. The van der Waals surface area contributed by atoms with E-state index in [2.05, 4.69) is 16.2 Å². The smallest absolute Gasteiger partial charge is 0.258 e. The van der Waals surface area contributed by atoms with Gasteiger partial charge in [-0.15, -0.1) is 5.54 Å². The zero-order chi connectivity index (χ0) is 17.1. The largest absolute Gasteiger partial charge is 0.276 e. The summed E-state index contributed by atoms with van der Waals surface area (Å²) in [6.07, 6.45) is 0.939. The molecule has 0 aliphatic rings. The van der Waals surface area contributed by atoms with Gasteiger partial charge in [-0.05, 0) is 6.07 Å². The maximum atomic E-state index is 13.9. The van der Waals surface area contributed by atoms with Crippen LogP contribution in [0.3, 0.4) is 0 Å². The molecule has 0 aliphatic heterocycles. The van der Waals surface area contributed by atoms with Crippen LogP contribution in [0.5, 0.6) is 0 Å². The first-order valence-corrected chi connectivity index (χ1v) is 11.7. The van der Waals surface area contributed by atoms with E-state index in [4.69, 9.17) is 0 Å². The van der Waals surface area contributed by atoms with Crippen molar-refractivity contribution >= 4 is 23.8 Å². The molecule has 1 rings (SSSR count). The van der Waals surface area contributed by atoms with Crippen molar-refractivity contribution in [2.45, 2.75) is 26.2 Å². The third kappa shape index (κ3) is 5.93. The lowest BCUT2D eigenvalue weighted by molar-refractivity contribution is -0.385. The summed E-state index contributed by atoms with van der Waals surface area (Å²) in [6, 6.07) is 1.99. The summed E-state index contributed by atoms with van der Waals surface area (Å²) in [5.74, 6) is 1.90. The lowest BCUT2D eigenvalue weighted by Crippen LogP contribution is -2.22. The monoisotopic (exact) mass is 344 g/mol. The molecule has 1 aromatic carbocycles. The molecule has 1 N–H and O–H groups in total. The molecular weight excluding hydrogens is 327 g/mol. The van der Waals surface area contributed by atoms with E-state index >= 15 is 0 Å². The van der Waals surface area contributed by atoms with E-state index < -0.39 is 34.5 Å². The van der Waals surface area contributed by atoms with Crippen LogP contribution in [0, 0.1) is 27.4 Å². The topological polar surface area (TPSA) is 89.3 Å². The summed E-state index contributed by atoms with van der Waals surface area (Å²) in [5.41, 5.74) is 2.58. The Morgan fingerprint density at radius 2 is 1.95 bits per heavy atom. The molecule has 0 aromatic heterocycles. The fourth-order valence-corrected chi connectivity index (χ4v) is 2.41. The van der Waals surface area contributed by atoms with Crippen LogP contribution in [0.1, 0.15) is 11.1 Å². The Bertz CT molecular complexity index is 761. The number of rotatable bonds is 4. The average Bonchev–Trinajstić information content (AvgIpc) is 2.33. The van der Waals surface area contributed by atoms with Gasteiger partial charge in [-0.2, -0.15) is 0 Å². The first-order chi connectivity index (χ1) is 9.89. The maximum absolute atomic E-state index is 13.9. The van der Waals surface area contributed by atoms with Gasteiger partial charge >= 0.3 is 0 Å². The van der Waals surface area contributed by atoms with Crippen LogP contribution in [0.2, 0.25) is 19.6 Å². The summed E-state index contributed by atoms with van der Waals surface area (Å²) in [6.45, 7) is 5.65. The van der Waals surface area contributed by atoms with Crippen molar-refractivity contribution < 1.29 is 17.7 Å². The summed E-state index contributed by atoms with van der Waals surface area (Å²) in [5, 5.41) is 11.0. The van der Waals surface area contributed by atoms with Crippen molar-refractivity contribution in [3.05, 3.63) is 39.2 Å². The van der Waals surface area contributed by atoms with Crippen LogP contribution in [-0.4, -0.2) is 27.7 Å². The molecule has 0 spiro atoms. The standard InChI is InChI=1S/C13H17FN2O4SSi/c1-21(19,20)15-9-11-7-10(5-6-22(2,3)4)12(14)8-13(11)16(17)18/h7-8,15H,9H2,1-4H3. The predicted octanol–water partition coefficient (Wildman–Crippen LogP) is 2.01. The maximum Gasteiger partial charge on any atom is 0.276 e. The lowest BCUT2D eigenvalue weighted by atomic mass is 10.1. The molecule has 22 heavy (non-hydrogen) atoms. The Hall–Kier alpha value is -1.76. The SMILES string of the molecule is C[Si](C)(C)C#Cc1cc(CNS(C)(=O)=O)c([N+](=O)[O-])cc1F. The Morgan fingerprint density at radius 3 is 2.41 bits per heavy atom. The predicted molar refractivity (Wildman–Crippen MR) is 85.0 cm³/mol. The molecular formula is C13H17FN2O4SSi. The van der Waals surface area contributed by atoms with Crippen molar-refractivity contribution in [3.8, 4) is 11.5 Å². The number of nitro groups is 1. The fourth-order valence-electron chi connectivity index (χ4n) is 1.48. The van der Waals surface area contributed by atoms with E-state index in [9.17, 15) is 22.9 Å². The highest BCUT2D eigenvalue weighted by molar-refractivity contribution is 7.88. The number of nitro benzene ring substituents is 1. The molecule has 0 unspecified atom stereocenters. The quantitative estimate of drug-likeness (QED) is 0.392.